The molecule has 0 aliphatic carbocycles. The Morgan fingerprint density at radius 1 is 1.03 bits per heavy atom. The average Bonchev–Trinajstić information content (AvgIpc) is 2.87. The molecule has 0 fully saturated rings. The smallest absolute Gasteiger partial charge is 0.266 e. The highest BCUT2D eigenvalue weighted by molar-refractivity contribution is 7.99. The van der Waals surface area contributed by atoms with Crippen LogP contribution < -0.4 is 15.2 Å². The SMILES string of the molecule is COc1ccc(-n2c(SCC(=O)N3CCCc4ccccc43)nc3ccccc3c2=O)cc1. The second-order valence-corrected chi connectivity index (χ2v) is 8.76. The van der Waals surface area contributed by atoms with Crippen LogP contribution in [0.5, 0.6) is 5.75 Å². The third-order valence-corrected chi connectivity index (χ3v) is 6.73. The van der Waals surface area contributed by atoms with Gasteiger partial charge in [-0.1, -0.05) is 42.1 Å². The first-order valence-corrected chi connectivity index (χ1v) is 11.8. The van der Waals surface area contributed by atoms with Crippen molar-refractivity contribution in [1.29, 1.82) is 0 Å². The van der Waals surface area contributed by atoms with Crippen LogP contribution in [-0.4, -0.2) is 34.9 Å². The molecule has 3 aromatic carbocycles. The molecule has 1 aliphatic heterocycles. The van der Waals surface area contributed by atoms with Gasteiger partial charge in [0.25, 0.3) is 5.56 Å². The molecule has 0 saturated heterocycles. The number of ether oxygens (including phenoxy) is 1. The summed E-state index contributed by atoms with van der Waals surface area (Å²) in [7, 11) is 1.60. The van der Waals surface area contributed by atoms with Gasteiger partial charge in [-0.2, -0.15) is 0 Å². The molecule has 0 unspecified atom stereocenters. The molecule has 1 amide bonds. The van der Waals surface area contributed by atoms with Gasteiger partial charge in [-0.05, 0) is 60.9 Å². The third kappa shape index (κ3) is 4.12. The molecule has 166 valence electrons. The van der Waals surface area contributed by atoms with Gasteiger partial charge in [0.05, 0.1) is 29.5 Å². The zero-order chi connectivity index (χ0) is 22.8. The number of hydrogen-bond donors (Lipinski definition) is 0. The Labute approximate surface area is 195 Å². The molecule has 1 aliphatic rings. The molecule has 0 bridgehead atoms. The van der Waals surface area contributed by atoms with Crippen LogP contribution in [0.15, 0.2) is 82.7 Å². The maximum atomic E-state index is 13.4. The summed E-state index contributed by atoms with van der Waals surface area (Å²) in [5, 5.41) is 1.02. The molecule has 2 heterocycles. The largest absolute Gasteiger partial charge is 0.497 e. The average molecular weight is 458 g/mol. The van der Waals surface area contributed by atoms with Crippen molar-refractivity contribution in [3.63, 3.8) is 0 Å². The second-order valence-electron chi connectivity index (χ2n) is 7.82. The van der Waals surface area contributed by atoms with Crippen LogP contribution in [0.1, 0.15) is 12.0 Å². The molecule has 6 nitrogen and oxygen atoms in total. The van der Waals surface area contributed by atoms with Crippen LogP contribution in [0.2, 0.25) is 0 Å². The minimum Gasteiger partial charge on any atom is -0.497 e. The van der Waals surface area contributed by atoms with Gasteiger partial charge < -0.3 is 9.64 Å². The fourth-order valence-corrected chi connectivity index (χ4v) is 5.05. The summed E-state index contributed by atoms with van der Waals surface area (Å²) in [5.74, 6) is 0.902. The van der Waals surface area contributed by atoms with E-state index < -0.39 is 0 Å². The second kappa shape index (κ2) is 9.11. The number of para-hydroxylation sites is 2. The van der Waals surface area contributed by atoms with E-state index in [0.717, 1.165) is 18.5 Å². The molecule has 5 rings (SSSR count). The molecule has 7 heteroatoms. The van der Waals surface area contributed by atoms with Crippen LogP contribution in [-0.2, 0) is 11.2 Å². The normalized spacial score (nSPS) is 13.1. The number of hydrogen-bond acceptors (Lipinski definition) is 5. The van der Waals surface area contributed by atoms with Gasteiger partial charge in [-0.3, -0.25) is 14.2 Å². The van der Waals surface area contributed by atoms with Crippen LogP contribution in [0.3, 0.4) is 0 Å². The summed E-state index contributed by atoms with van der Waals surface area (Å²) in [4.78, 5) is 33.2. The molecule has 1 aromatic heterocycles. The highest BCUT2D eigenvalue weighted by Gasteiger charge is 2.23. The lowest BCUT2D eigenvalue weighted by molar-refractivity contribution is -0.116. The predicted octanol–water partition coefficient (Wildman–Crippen LogP) is 4.47. The molecular formula is C26H23N3O3S. The molecule has 0 atom stereocenters. The first kappa shape index (κ1) is 21.3. The Balaban J connectivity index is 1.50. The van der Waals surface area contributed by atoms with Crippen molar-refractivity contribution in [3.05, 3.63) is 88.7 Å². The highest BCUT2D eigenvalue weighted by Crippen LogP contribution is 2.29. The maximum Gasteiger partial charge on any atom is 0.266 e. The zero-order valence-electron chi connectivity index (χ0n) is 18.2. The van der Waals surface area contributed by atoms with Gasteiger partial charge in [0, 0.05) is 12.2 Å². The number of carbonyl (C=O) groups is 1. The number of aryl methyl sites for hydroxylation is 1. The van der Waals surface area contributed by atoms with E-state index in [1.54, 1.807) is 29.9 Å². The third-order valence-electron chi connectivity index (χ3n) is 5.81. The summed E-state index contributed by atoms with van der Waals surface area (Å²) < 4.78 is 6.83. The summed E-state index contributed by atoms with van der Waals surface area (Å²) >= 11 is 1.29. The Bertz CT molecular complexity index is 1380. The topological polar surface area (TPSA) is 64.4 Å². The Kier molecular flexibility index (Phi) is 5.88. The minimum absolute atomic E-state index is 0.0100. The highest BCUT2D eigenvalue weighted by atomic mass is 32.2. The summed E-state index contributed by atoms with van der Waals surface area (Å²) in [6.45, 7) is 0.701. The van der Waals surface area contributed by atoms with Gasteiger partial charge >= 0.3 is 0 Å². The van der Waals surface area contributed by atoms with E-state index in [1.165, 1.54) is 17.3 Å². The molecule has 0 spiro atoms. The maximum absolute atomic E-state index is 13.4. The minimum atomic E-state index is -0.163. The monoisotopic (exact) mass is 457 g/mol. The number of thioether (sulfide) groups is 1. The summed E-state index contributed by atoms with van der Waals surface area (Å²) in [6, 6.07) is 22.6. The molecule has 0 radical (unpaired) electrons. The van der Waals surface area contributed by atoms with E-state index in [4.69, 9.17) is 9.72 Å². The lowest BCUT2D eigenvalue weighted by Crippen LogP contribution is -2.36. The van der Waals surface area contributed by atoms with Crippen LogP contribution >= 0.6 is 11.8 Å². The van der Waals surface area contributed by atoms with Gasteiger partial charge in [0.15, 0.2) is 5.16 Å². The molecule has 4 aromatic rings. The number of anilines is 1. The number of carbonyl (C=O) groups excluding carboxylic acids is 1. The standard InChI is InChI=1S/C26H23N3O3S/c1-32-20-14-12-19(13-15-20)29-25(31)21-9-3-4-10-22(21)27-26(29)33-17-24(30)28-16-6-8-18-7-2-5-11-23(18)28/h2-5,7,9-15H,6,8,16-17H2,1H3. The van der Waals surface area contributed by atoms with Crippen molar-refractivity contribution in [1.82, 2.24) is 9.55 Å². The number of fused-ring (bicyclic) bond motifs is 2. The number of rotatable bonds is 5. The van der Waals surface area contributed by atoms with E-state index in [2.05, 4.69) is 6.07 Å². The lowest BCUT2D eigenvalue weighted by Gasteiger charge is -2.29. The van der Waals surface area contributed by atoms with Crippen LogP contribution in [0.25, 0.3) is 16.6 Å². The molecular weight excluding hydrogens is 434 g/mol. The van der Waals surface area contributed by atoms with E-state index in [0.29, 0.717) is 34.0 Å². The fourth-order valence-electron chi connectivity index (χ4n) is 4.17. The fraction of sp³-hybridized carbons (Fsp3) is 0.192. The number of aromatic nitrogens is 2. The van der Waals surface area contributed by atoms with Crippen molar-refractivity contribution in [2.75, 3.05) is 24.3 Å². The Hall–Kier alpha value is -3.58. The molecule has 0 saturated carbocycles. The molecule has 33 heavy (non-hydrogen) atoms. The van der Waals surface area contributed by atoms with E-state index in [9.17, 15) is 9.59 Å². The van der Waals surface area contributed by atoms with Crippen molar-refractivity contribution in [3.8, 4) is 11.4 Å². The van der Waals surface area contributed by atoms with Gasteiger partial charge in [-0.15, -0.1) is 0 Å². The number of methoxy groups -OCH3 is 1. The Morgan fingerprint density at radius 2 is 1.79 bits per heavy atom. The van der Waals surface area contributed by atoms with Crippen molar-refractivity contribution >= 4 is 34.3 Å². The first-order valence-electron chi connectivity index (χ1n) is 10.8. The van der Waals surface area contributed by atoms with Crippen LogP contribution in [0, 0.1) is 0 Å². The lowest BCUT2D eigenvalue weighted by atomic mass is 10.0. The van der Waals surface area contributed by atoms with Gasteiger partial charge in [0.1, 0.15) is 5.75 Å². The number of benzene rings is 3. The zero-order valence-corrected chi connectivity index (χ0v) is 19.0. The number of nitrogens with zero attached hydrogens (tertiary/aromatic N) is 3. The Morgan fingerprint density at radius 3 is 2.61 bits per heavy atom. The predicted molar refractivity (Wildman–Crippen MR) is 132 cm³/mol. The van der Waals surface area contributed by atoms with E-state index in [-0.39, 0.29) is 17.2 Å². The number of amides is 1. The van der Waals surface area contributed by atoms with Crippen molar-refractivity contribution < 1.29 is 9.53 Å². The van der Waals surface area contributed by atoms with Crippen LogP contribution in [0.4, 0.5) is 5.69 Å². The van der Waals surface area contributed by atoms with E-state index >= 15 is 0 Å². The van der Waals surface area contributed by atoms with Crippen molar-refractivity contribution in [2.24, 2.45) is 0 Å². The first-order chi connectivity index (χ1) is 16.2. The van der Waals surface area contributed by atoms with Gasteiger partial charge in [0.2, 0.25) is 5.91 Å². The quantitative estimate of drug-likeness (QED) is 0.327. The molecule has 0 N–H and O–H groups in total. The summed E-state index contributed by atoms with van der Waals surface area (Å²) in [5.41, 5.74) is 3.31. The summed E-state index contributed by atoms with van der Waals surface area (Å²) in [6.07, 6.45) is 1.93. The van der Waals surface area contributed by atoms with Gasteiger partial charge in [-0.25, -0.2) is 4.98 Å². The van der Waals surface area contributed by atoms with Crippen molar-refractivity contribution in [2.45, 2.75) is 18.0 Å². The van der Waals surface area contributed by atoms with E-state index in [1.807, 2.05) is 53.4 Å².